The van der Waals surface area contributed by atoms with Crippen LogP contribution in [0.4, 0.5) is 5.82 Å². The molecule has 2 aromatic carbocycles. The van der Waals surface area contributed by atoms with Crippen LogP contribution in [0.2, 0.25) is 0 Å². The van der Waals surface area contributed by atoms with Gasteiger partial charge in [-0.15, -0.1) is 0 Å². The molecule has 37 heavy (non-hydrogen) atoms. The molecule has 6 nitrogen and oxygen atoms in total. The summed E-state index contributed by atoms with van der Waals surface area (Å²) in [6.45, 7) is 11.6. The van der Waals surface area contributed by atoms with Gasteiger partial charge in [-0.25, -0.2) is 9.97 Å². The molecule has 1 aromatic heterocycles. The third-order valence-electron chi connectivity index (χ3n) is 6.90. The molecule has 1 saturated heterocycles. The van der Waals surface area contributed by atoms with E-state index in [4.69, 9.17) is 9.97 Å². The van der Waals surface area contributed by atoms with Crippen molar-refractivity contribution in [2.45, 2.75) is 62.5 Å². The molecule has 1 aliphatic carbocycles. The first kappa shape index (κ1) is 25.7. The Hall–Kier alpha value is -2.90. The van der Waals surface area contributed by atoms with Gasteiger partial charge in [0.1, 0.15) is 5.82 Å². The van der Waals surface area contributed by atoms with Crippen LogP contribution in [0.3, 0.4) is 0 Å². The second-order valence-corrected chi connectivity index (χ2v) is 12.1. The fraction of sp³-hybridized carbons (Fsp3) is 0.433. The van der Waals surface area contributed by atoms with E-state index in [1.165, 1.54) is 5.56 Å². The third-order valence-corrected chi connectivity index (χ3v) is 7.82. The lowest BCUT2D eigenvalue weighted by Gasteiger charge is -2.36. The molecule has 2 aliphatic rings. The van der Waals surface area contributed by atoms with E-state index in [-0.39, 0.29) is 11.3 Å². The van der Waals surface area contributed by atoms with Gasteiger partial charge in [-0.1, -0.05) is 75.0 Å². The molecule has 0 unspecified atom stereocenters. The molecule has 1 amide bonds. The second-order valence-electron chi connectivity index (χ2n) is 11.1. The van der Waals surface area contributed by atoms with E-state index >= 15 is 0 Å². The van der Waals surface area contributed by atoms with E-state index < -0.39 is 0 Å². The van der Waals surface area contributed by atoms with E-state index in [1.54, 1.807) is 11.8 Å². The minimum atomic E-state index is -0.0568. The quantitative estimate of drug-likeness (QED) is 0.325. The molecule has 3 aromatic rings. The molecule has 5 rings (SSSR count). The number of hydrogen-bond donors (Lipinski definition) is 1. The summed E-state index contributed by atoms with van der Waals surface area (Å²) in [5.74, 6) is 1.81. The average molecular weight is 516 g/mol. The number of thioether (sulfide) groups is 1. The number of rotatable bonds is 8. The molecular formula is C30H37N5OS. The molecule has 0 bridgehead atoms. The molecule has 194 valence electrons. The van der Waals surface area contributed by atoms with E-state index in [0.29, 0.717) is 6.04 Å². The fourth-order valence-corrected chi connectivity index (χ4v) is 5.21. The normalized spacial score (nSPS) is 16.6. The number of nitrogens with one attached hydrogen (secondary N) is 1. The zero-order chi connectivity index (χ0) is 25.8. The molecule has 0 spiro atoms. The second kappa shape index (κ2) is 11.2. The zero-order valence-corrected chi connectivity index (χ0v) is 22.9. The Balaban J connectivity index is 1.23. The number of benzene rings is 2. The van der Waals surface area contributed by atoms with Gasteiger partial charge in [0, 0.05) is 61.6 Å². The highest BCUT2D eigenvalue weighted by Gasteiger charge is 2.24. The van der Waals surface area contributed by atoms with Crippen LogP contribution in [0.5, 0.6) is 0 Å². The summed E-state index contributed by atoms with van der Waals surface area (Å²) in [6, 6.07) is 21.1. The SMILES string of the molecule is CC(C)(C)c1cc(N2CCN(Cc3ccccc3)CC2)nc(SCc2ccc(C(=O)NC3CC3)cc2)n1. The van der Waals surface area contributed by atoms with Crippen molar-refractivity contribution >= 4 is 23.5 Å². The lowest BCUT2D eigenvalue weighted by molar-refractivity contribution is 0.0951. The Morgan fingerprint density at radius 2 is 1.65 bits per heavy atom. The summed E-state index contributed by atoms with van der Waals surface area (Å²) in [7, 11) is 0. The van der Waals surface area contributed by atoms with Crippen LogP contribution in [0.25, 0.3) is 0 Å². The average Bonchev–Trinajstić information content (AvgIpc) is 3.72. The standard InChI is InChI=1S/C30H37N5OS/c1-30(2,3)26-19-27(35-17-15-34(16-18-35)20-22-7-5-4-6-8-22)33-29(32-26)37-21-23-9-11-24(12-10-23)28(36)31-25-13-14-25/h4-12,19,25H,13-18,20-21H2,1-3H3,(H,31,36). The van der Waals surface area contributed by atoms with Crippen LogP contribution in [0.15, 0.2) is 65.8 Å². The number of carbonyl (C=O) groups excluding carboxylic acids is 1. The molecule has 2 heterocycles. The first-order chi connectivity index (χ1) is 17.8. The number of piperazine rings is 1. The van der Waals surface area contributed by atoms with Crippen LogP contribution in [-0.4, -0.2) is 53.0 Å². The van der Waals surface area contributed by atoms with Crippen LogP contribution >= 0.6 is 11.8 Å². The highest BCUT2D eigenvalue weighted by atomic mass is 32.2. The number of aromatic nitrogens is 2. The van der Waals surface area contributed by atoms with Gasteiger partial charge in [0.05, 0.1) is 5.69 Å². The maximum atomic E-state index is 12.3. The van der Waals surface area contributed by atoms with Crippen molar-refractivity contribution in [1.82, 2.24) is 20.2 Å². The van der Waals surface area contributed by atoms with Crippen molar-refractivity contribution in [3.63, 3.8) is 0 Å². The monoisotopic (exact) mass is 515 g/mol. The van der Waals surface area contributed by atoms with Crippen molar-refractivity contribution in [1.29, 1.82) is 0 Å². The fourth-order valence-electron chi connectivity index (χ4n) is 4.40. The van der Waals surface area contributed by atoms with Crippen molar-refractivity contribution < 1.29 is 4.79 Å². The van der Waals surface area contributed by atoms with Gasteiger partial charge in [0.15, 0.2) is 5.16 Å². The number of amides is 1. The summed E-state index contributed by atoms with van der Waals surface area (Å²) in [4.78, 5) is 27.1. The summed E-state index contributed by atoms with van der Waals surface area (Å²) in [5, 5.41) is 3.86. The van der Waals surface area contributed by atoms with Crippen LogP contribution in [0.1, 0.15) is 60.8 Å². The van der Waals surface area contributed by atoms with Crippen LogP contribution < -0.4 is 10.2 Å². The Morgan fingerprint density at radius 3 is 2.30 bits per heavy atom. The smallest absolute Gasteiger partial charge is 0.251 e. The molecule has 7 heteroatoms. The van der Waals surface area contributed by atoms with Crippen molar-refractivity contribution in [2.24, 2.45) is 0 Å². The first-order valence-electron chi connectivity index (χ1n) is 13.3. The van der Waals surface area contributed by atoms with Crippen LogP contribution in [0, 0.1) is 0 Å². The maximum Gasteiger partial charge on any atom is 0.251 e. The van der Waals surface area contributed by atoms with Gasteiger partial charge in [0.2, 0.25) is 0 Å². The highest BCUT2D eigenvalue weighted by molar-refractivity contribution is 7.98. The first-order valence-corrected chi connectivity index (χ1v) is 14.3. The zero-order valence-electron chi connectivity index (χ0n) is 22.1. The molecule has 1 N–H and O–H groups in total. The largest absolute Gasteiger partial charge is 0.354 e. The van der Waals surface area contributed by atoms with E-state index in [9.17, 15) is 4.79 Å². The summed E-state index contributed by atoms with van der Waals surface area (Å²) < 4.78 is 0. The molecule has 2 fully saturated rings. The Labute approximate surface area is 224 Å². The summed E-state index contributed by atoms with van der Waals surface area (Å²) in [5.41, 5.74) is 4.26. The minimum Gasteiger partial charge on any atom is -0.354 e. The Kier molecular flexibility index (Phi) is 7.81. The predicted molar refractivity (Wildman–Crippen MR) is 151 cm³/mol. The topological polar surface area (TPSA) is 61.4 Å². The molecular weight excluding hydrogens is 478 g/mol. The van der Waals surface area contributed by atoms with E-state index in [0.717, 1.165) is 79.1 Å². The lowest BCUT2D eigenvalue weighted by atomic mass is 9.92. The molecule has 1 aliphatic heterocycles. The molecule has 0 atom stereocenters. The third kappa shape index (κ3) is 7.11. The van der Waals surface area contributed by atoms with Crippen molar-refractivity contribution in [3.05, 3.63) is 83.0 Å². The number of nitrogens with zero attached hydrogens (tertiary/aromatic N) is 4. The Morgan fingerprint density at radius 1 is 0.946 bits per heavy atom. The van der Waals surface area contributed by atoms with Gasteiger partial charge in [-0.3, -0.25) is 9.69 Å². The molecule has 1 saturated carbocycles. The van der Waals surface area contributed by atoms with Crippen LogP contribution in [-0.2, 0) is 17.7 Å². The van der Waals surface area contributed by atoms with Gasteiger partial charge in [0.25, 0.3) is 5.91 Å². The van der Waals surface area contributed by atoms with Gasteiger partial charge in [-0.05, 0) is 36.1 Å². The summed E-state index contributed by atoms with van der Waals surface area (Å²) in [6.07, 6.45) is 2.19. The number of hydrogen-bond acceptors (Lipinski definition) is 6. The number of anilines is 1. The summed E-state index contributed by atoms with van der Waals surface area (Å²) >= 11 is 1.66. The van der Waals surface area contributed by atoms with Gasteiger partial charge < -0.3 is 10.2 Å². The van der Waals surface area contributed by atoms with Crippen molar-refractivity contribution in [2.75, 3.05) is 31.1 Å². The van der Waals surface area contributed by atoms with E-state index in [1.807, 2.05) is 24.3 Å². The lowest BCUT2D eigenvalue weighted by Crippen LogP contribution is -2.46. The maximum absolute atomic E-state index is 12.3. The van der Waals surface area contributed by atoms with Gasteiger partial charge in [-0.2, -0.15) is 0 Å². The van der Waals surface area contributed by atoms with E-state index in [2.05, 4.69) is 72.3 Å². The number of carbonyl (C=O) groups is 1. The highest BCUT2D eigenvalue weighted by Crippen LogP contribution is 2.29. The van der Waals surface area contributed by atoms with Gasteiger partial charge >= 0.3 is 0 Å². The Bertz CT molecular complexity index is 1200. The molecule has 0 radical (unpaired) electrons. The minimum absolute atomic E-state index is 0.0245. The van der Waals surface area contributed by atoms with Crippen molar-refractivity contribution in [3.8, 4) is 0 Å². The predicted octanol–water partition coefficient (Wildman–Crippen LogP) is 5.28.